The molecular formula is C26H19F3N4O3. The number of aromatic nitrogens is 2. The van der Waals surface area contributed by atoms with Crippen LogP contribution in [0, 0.1) is 17.5 Å². The van der Waals surface area contributed by atoms with Gasteiger partial charge in [-0.15, -0.1) is 0 Å². The minimum Gasteiger partial charge on any atom is -0.378 e. The third-order valence-corrected chi connectivity index (χ3v) is 5.78. The molecule has 10 heteroatoms. The van der Waals surface area contributed by atoms with Gasteiger partial charge in [-0.2, -0.15) is 0 Å². The van der Waals surface area contributed by atoms with Crippen molar-refractivity contribution < 1.29 is 27.5 Å². The molecule has 182 valence electrons. The number of halogens is 3. The molecule has 1 aromatic heterocycles. The van der Waals surface area contributed by atoms with Gasteiger partial charge in [-0.05, 0) is 54.6 Å². The van der Waals surface area contributed by atoms with Gasteiger partial charge in [-0.3, -0.25) is 14.6 Å². The van der Waals surface area contributed by atoms with E-state index in [4.69, 9.17) is 4.74 Å². The molecule has 1 aliphatic heterocycles. The van der Waals surface area contributed by atoms with Crippen molar-refractivity contribution in [3.63, 3.8) is 0 Å². The first-order valence-corrected chi connectivity index (χ1v) is 11.1. The first-order valence-electron chi connectivity index (χ1n) is 11.1. The van der Waals surface area contributed by atoms with Crippen LogP contribution in [0.5, 0.6) is 0 Å². The summed E-state index contributed by atoms with van der Waals surface area (Å²) in [5, 5.41) is 2.47. The van der Waals surface area contributed by atoms with E-state index in [2.05, 4.69) is 15.3 Å². The lowest BCUT2D eigenvalue weighted by molar-refractivity contribution is 0.101. The number of anilines is 2. The Balaban J connectivity index is 1.41. The van der Waals surface area contributed by atoms with Crippen LogP contribution in [0.1, 0.15) is 26.3 Å². The largest absolute Gasteiger partial charge is 0.378 e. The Morgan fingerprint density at radius 3 is 2.36 bits per heavy atom. The van der Waals surface area contributed by atoms with Crippen LogP contribution in [0.15, 0.2) is 60.8 Å². The molecule has 3 aromatic carbocycles. The average molecular weight is 492 g/mol. The highest BCUT2D eigenvalue weighted by molar-refractivity contribution is 6.11. The maximum absolute atomic E-state index is 14.6. The van der Waals surface area contributed by atoms with Gasteiger partial charge < -0.3 is 15.0 Å². The molecule has 0 radical (unpaired) electrons. The molecule has 1 aliphatic rings. The maximum atomic E-state index is 14.6. The third-order valence-electron chi connectivity index (χ3n) is 5.78. The third kappa shape index (κ3) is 4.76. The highest BCUT2D eigenvalue weighted by atomic mass is 19.2. The summed E-state index contributed by atoms with van der Waals surface area (Å²) in [6.07, 6.45) is 1.66. The lowest BCUT2D eigenvalue weighted by Gasteiger charge is -2.27. The summed E-state index contributed by atoms with van der Waals surface area (Å²) in [5.74, 6) is -3.73. The molecule has 0 bridgehead atoms. The van der Waals surface area contributed by atoms with Crippen LogP contribution in [0.3, 0.4) is 0 Å². The summed E-state index contributed by atoms with van der Waals surface area (Å²) in [6, 6.07) is 10.9. The van der Waals surface area contributed by atoms with Gasteiger partial charge in [0.2, 0.25) is 0 Å². The Morgan fingerprint density at radius 1 is 0.833 bits per heavy atom. The van der Waals surface area contributed by atoms with E-state index in [9.17, 15) is 22.8 Å². The van der Waals surface area contributed by atoms with Crippen LogP contribution in [-0.4, -0.2) is 48.0 Å². The standard InChI is InChI=1S/C26H19F3N4O3/c27-19-5-3-17(31-26(35)16-1-4-20(28)21(29)11-16)13-18(19)25(34)15-2-6-22-23(12-15)32-24(14-30-22)33-7-9-36-10-8-33/h1-6,11-14H,7-10H2,(H,31,35). The second-order valence-electron chi connectivity index (χ2n) is 8.14. The number of benzene rings is 3. The number of morpholine rings is 1. The van der Waals surface area contributed by atoms with Crippen molar-refractivity contribution in [2.24, 2.45) is 0 Å². The fourth-order valence-corrected chi connectivity index (χ4v) is 3.86. The number of nitrogens with one attached hydrogen (secondary N) is 1. The van der Waals surface area contributed by atoms with Crippen LogP contribution < -0.4 is 10.2 Å². The summed E-state index contributed by atoms with van der Waals surface area (Å²) < 4.78 is 46.6. The van der Waals surface area contributed by atoms with E-state index in [0.29, 0.717) is 43.2 Å². The predicted molar refractivity (Wildman–Crippen MR) is 127 cm³/mol. The molecule has 1 saturated heterocycles. The molecule has 5 rings (SSSR count). The van der Waals surface area contributed by atoms with Crippen molar-refractivity contribution in [2.45, 2.75) is 0 Å². The number of ether oxygens (including phenoxy) is 1. The highest BCUT2D eigenvalue weighted by Crippen LogP contribution is 2.23. The first-order chi connectivity index (χ1) is 17.4. The highest BCUT2D eigenvalue weighted by Gasteiger charge is 2.18. The van der Waals surface area contributed by atoms with Crippen molar-refractivity contribution in [3.8, 4) is 0 Å². The van der Waals surface area contributed by atoms with Crippen LogP contribution in [0.4, 0.5) is 24.7 Å². The smallest absolute Gasteiger partial charge is 0.255 e. The number of fused-ring (bicyclic) bond motifs is 1. The zero-order valence-electron chi connectivity index (χ0n) is 18.8. The normalized spacial score (nSPS) is 13.6. The molecule has 36 heavy (non-hydrogen) atoms. The topological polar surface area (TPSA) is 84.4 Å². The van der Waals surface area contributed by atoms with Gasteiger partial charge in [0.25, 0.3) is 5.91 Å². The second-order valence-corrected chi connectivity index (χ2v) is 8.14. The van der Waals surface area contributed by atoms with Gasteiger partial charge in [-0.1, -0.05) is 0 Å². The number of nitrogens with zero attached hydrogens (tertiary/aromatic N) is 3. The molecule has 1 fully saturated rings. The van der Waals surface area contributed by atoms with Crippen LogP contribution in [0.2, 0.25) is 0 Å². The Morgan fingerprint density at radius 2 is 1.58 bits per heavy atom. The summed E-state index contributed by atoms with van der Waals surface area (Å²) in [7, 11) is 0. The molecule has 0 aliphatic carbocycles. The SMILES string of the molecule is O=C(Nc1ccc(F)c(C(=O)c2ccc3ncc(N4CCOCC4)nc3c2)c1)c1ccc(F)c(F)c1. The fraction of sp³-hybridized carbons (Fsp3) is 0.154. The van der Waals surface area contributed by atoms with Gasteiger partial charge in [0.05, 0.1) is 36.0 Å². The predicted octanol–water partition coefficient (Wildman–Crippen LogP) is 4.37. The van der Waals surface area contributed by atoms with E-state index >= 15 is 0 Å². The Hall–Kier alpha value is -4.31. The van der Waals surface area contributed by atoms with Crippen LogP contribution in [-0.2, 0) is 4.74 Å². The molecular weight excluding hydrogens is 473 g/mol. The lowest BCUT2D eigenvalue weighted by atomic mass is 10.0. The number of hydrogen-bond acceptors (Lipinski definition) is 6. The van der Waals surface area contributed by atoms with E-state index in [1.165, 1.54) is 18.2 Å². The number of hydrogen-bond donors (Lipinski definition) is 1. The average Bonchev–Trinajstić information content (AvgIpc) is 2.90. The fourth-order valence-electron chi connectivity index (χ4n) is 3.86. The summed E-state index contributed by atoms with van der Waals surface area (Å²) in [6.45, 7) is 2.52. The molecule has 4 aromatic rings. The zero-order valence-corrected chi connectivity index (χ0v) is 18.8. The van der Waals surface area contributed by atoms with Gasteiger partial charge in [0.15, 0.2) is 17.4 Å². The summed E-state index contributed by atoms with van der Waals surface area (Å²) in [4.78, 5) is 36.6. The van der Waals surface area contributed by atoms with E-state index in [0.717, 1.165) is 24.3 Å². The minimum atomic E-state index is -1.17. The minimum absolute atomic E-state index is 0.115. The quantitative estimate of drug-likeness (QED) is 0.417. The number of rotatable bonds is 5. The van der Waals surface area contributed by atoms with Crippen LogP contribution in [0.25, 0.3) is 11.0 Å². The van der Waals surface area contributed by atoms with Crippen molar-refractivity contribution in [3.05, 3.63) is 94.9 Å². The number of ketones is 1. The van der Waals surface area contributed by atoms with Gasteiger partial charge >= 0.3 is 0 Å². The first kappa shape index (κ1) is 23.4. The van der Waals surface area contributed by atoms with E-state index in [-0.39, 0.29) is 22.4 Å². The van der Waals surface area contributed by atoms with Gasteiger partial charge in [-0.25, -0.2) is 18.2 Å². The second kappa shape index (κ2) is 9.74. The molecule has 0 saturated carbocycles. The van der Waals surface area contributed by atoms with Gasteiger partial charge in [0.1, 0.15) is 11.6 Å². The van der Waals surface area contributed by atoms with Crippen molar-refractivity contribution in [2.75, 3.05) is 36.5 Å². The van der Waals surface area contributed by atoms with Crippen molar-refractivity contribution >= 4 is 34.2 Å². The van der Waals surface area contributed by atoms with Crippen molar-refractivity contribution in [1.29, 1.82) is 0 Å². The summed E-state index contributed by atoms with van der Waals surface area (Å²) in [5.41, 5.74) is 0.971. The molecule has 0 spiro atoms. The van der Waals surface area contributed by atoms with E-state index in [1.807, 2.05) is 4.90 Å². The van der Waals surface area contributed by atoms with Crippen molar-refractivity contribution in [1.82, 2.24) is 9.97 Å². The van der Waals surface area contributed by atoms with E-state index < -0.39 is 29.1 Å². The van der Waals surface area contributed by atoms with E-state index in [1.54, 1.807) is 18.3 Å². The summed E-state index contributed by atoms with van der Waals surface area (Å²) >= 11 is 0. The molecule has 7 nitrogen and oxygen atoms in total. The van der Waals surface area contributed by atoms with Gasteiger partial charge in [0, 0.05) is 29.9 Å². The Kier molecular flexibility index (Phi) is 6.34. The Bertz CT molecular complexity index is 1490. The number of carbonyl (C=O) groups excluding carboxylic acids is 2. The zero-order chi connectivity index (χ0) is 25.2. The lowest BCUT2D eigenvalue weighted by Crippen LogP contribution is -2.36. The molecule has 0 atom stereocenters. The number of carbonyl (C=O) groups is 2. The monoisotopic (exact) mass is 492 g/mol. The number of amides is 1. The molecule has 1 N–H and O–H groups in total. The van der Waals surface area contributed by atoms with Crippen LogP contribution >= 0.6 is 0 Å². The molecule has 1 amide bonds. The Labute approximate surface area is 203 Å². The molecule has 2 heterocycles. The molecule has 0 unspecified atom stereocenters. The maximum Gasteiger partial charge on any atom is 0.255 e.